The van der Waals surface area contributed by atoms with Gasteiger partial charge in [0, 0.05) is 34.6 Å². The lowest BCUT2D eigenvalue weighted by Crippen LogP contribution is -2.40. The standard InChI is InChI=1S/C9H19N3O2/c1-11(2)8(13)6-5-7(10)9(14)12(3)4/h7H,5-6,10H2,1-4H3/t7-/m1/s1. The lowest BCUT2D eigenvalue weighted by Gasteiger charge is -2.17. The highest BCUT2D eigenvalue weighted by atomic mass is 16.2. The molecule has 0 rings (SSSR count). The Bertz CT molecular complexity index is 214. The summed E-state index contributed by atoms with van der Waals surface area (Å²) < 4.78 is 0. The molecule has 0 fully saturated rings. The van der Waals surface area contributed by atoms with Crippen molar-refractivity contribution in [3.63, 3.8) is 0 Å². The molecule has 1 atom stereocenters. The van der Waals surface area contributed by atoms with Crippen LogP contribution in [0.25, 0.3) is 0 Å². The molecule has 2 amide bonds. The Morgan fingerprint density at radius 3 is 2.00 bits per heavy atom. The van der Waals surface area contributed by atoms with Crippen LogP contribution in [0.2, 0.25) is 0 Å². The molecule has 0 aliphatic carbocycles. The third kappa shape index (κ3) is 4.23. The maximum absolute atomic E-state index is 11.3. The molecule has 14 heavy (non-hydrogen) atoms. The lowest BCUT2D eigenvalue weighted by molar-refractivity contribution is -0.131. The third-order valence-electron chi connectivity index (χ3n) is 1.93. The van der Waals surface area contributed by atoms with Crippen LogP contribution in [0.4, 0.5) is 0 Å². The second kappa shape index (κ2) is 5.59. The summed E-state index contributed by atoms with van der Waals surface area (Å²) in [4.78, 5) is 25.4. The van der Waals surface area contributed by atoms with E-state index in [0.717, 1.165) is 0 Å². The number of carbonyl (C=O) groups is 2. The topological polar surface area (TPSA) is 66.6 Å². The van der Waals surface area contributed by atoms with Gasteiger partial charge in [-0.15, -0.1) is 0 Å². The first kappa shape index (κ1) is 12.9. The molecule has 5 heteroatoms. The molecule has 0 aromatic rings. The van der Waals surface area contributed by atoms with Crippen molar-refractivity contribution in [2.75, 3.05) is 28.2 Å². The largest absolute Gasteiger partial charge is 0.349 e. The molecule has 0 bridgehead atoms. The minimum atomic E-state index is -0.575. The van der Waals surface area contributed by atoms with E-state index in [1.54, 1.807) is 28.2 Å². The van der Waals surface area contributed by atoms with Crippen molar-refractivity contribution >= 4 is 11.8 Å². The maximum atomic E-state index is 11.3. The smallest absolute Gasteiger partial charge is 0.238 e. The monoisotopic (exact) mass is 201 g/mol. The Morgan fingerprint density at radius 2 is 1.64 bits per heavy atom. The fraction of sp³-hybridized carbons (Fsp3) is 0.778. The number of hydrogen-bond donors (Lipinski definition) is 1. The SMILES string of the molecule is CN(C)C(=O)CC[C@@H](N)C(=O)N(C)C. The average molecular weight is 201 g/mol. The molecule has 0 heterocycles. The number of nitrogens with two attached hydrogens (primary N) is 1. The maximum Gasteiger partial charge on any atom is 0.238 e. The van der Waals surface area contributed by atoms with Crippen LogP contribution in [0.5, 0.6) is 0 Å². The van der Waals surface area contributed by atoms with Gasteiger partial charge in [-0.3, -0.25) is 9.59 Å². The zero-order valence-electron chi connectivity index (χ0n) is 9.28. The first-order valence-corrected chi connectivity index (χ1v) is 4.53. The Kier molecular flexibility index (Phi) is 5.15. The summed E-state index contributed by atoms with van der Waals surface area (Å²) >= 11 is 0. The molecule has 0 aliphatic rings. The van der Waals surface area contributed by atoms with Gasteiger partial charge in [-0.2, -0.15) is 0 Å². The molecule has 0 radical (unpaired) electrons. The van der Waals surface area contributed by atoms with E-state index in [0.29, 0.717) is 12.8 Å². The highest BCUT2D eigenvalue weighted by Crippen LogP contribution is 1.99. The predicted octanol–water partition coefficient (Wildman–Crippen LogP) is -0.730. The average Bonchev–Trinajstić information content (AvgIpc) is 2.11. The first-order valence-electron chi connectivity index (χ1n) is 4.53. The van der Waals surface area contributed by atoms with Crippen molar-refractivity contribution in [3.05, 3.63) is 0 Å². The van der Waals surface area contributed by atoms with E-state index < -0.39 is 6.04 Å². The van der Waals surface area contributed by atoms with Crippen molar-refractivity contribution in [1.82, 2.24) is 9.80 Å². The molecule has 5 nitrogen and oxygen atoms in total. The first-order chi connectivity index (χ1) is 6.36. The fourth-order valence-corrected chi connectivity index (χ4v) is 0.958. The van der Waals surface area contributed by atoms with Gasteiger partial charge in [0.15, 0.2) is 0 Å². The van der Waals surface area contributed by atoms with Crippen molar-refractivity contribution in [3.8, 4) is 0 Å². The third-order valence-corrected chi connectivity index (χ3v) is 1.93. The van der Waals surface area contributed by atoms with E-state index in [4.69, 9.17) is 5.73 Å². The summed E-state index contributed by atoms with van der Waals surface area (Å²) in [5.41, 5.74) is 5.60. The summed E-state index contributed by atoms with van der Waals surface area (Å²) in [6, 6.07) is -0.575. The van der Waals surface area contributed by atoms with Crippen LogP contribution >= 0.6 is 0 Å². The van der Waals surface area contributed by atoms with E-state index in [2.05, 4.69) is 0 Å². The van der Waals surface area contributed by atoms with Gasteiger partial charge < -0.3 is 15.5 Å². The quantitative estimate of drug-likeness (QED) is 0.652. The van der Waals surface area contributed by atoms with Crippen molar-refractivity contribution in [1.29, 1.82) is 0 Å². The normalized spacial score (nSPS) is 12.1. The van der Waals surface area contributed by atoms with E-state index in [1.807, 2.05) is 0 Å². The molecule has 0 aromatic heterocycles. The summed E-state index contributed by atoms with van der Waals surface area (Å²) in [7, 11) is 6.66. The number of rotatable bonds is 4. The molecule has 2 N–H and O–H groups in total. The Morgan fingerprint density at radius 1 is 1.14 bits per heavy atom. The van der Waals surface area contributed by atoms with Crippen LogP contribution in [0, 0.1) is 0 Å². The molecule has 0 spiro atoms. The van der Waals surface area contributed by atoms with E-state index in [9.17, 15) is 9.59 Å². The van der Waals surface area contributed by atoms with Crippen LogP contribution < -0.4 is 5.73 Å². The molecular weight excluding hydrogens is 182 g/mol. The van der Waals surface area contributed by atoms with Crippen molar-refractivity contribution < 1.29 is 9.59 Å². The van der Waals surface area contributed by atoms with Crippen molar-refractivity contribution in [2.45, 2.75) is 18.9 Å². The Hall–Kier alpha value is -1.10. The van der Waals surface area contributed by atoms with Gasteiger partial charge in [0.1, 0.15) is 0 Å². The summed E-state index contributed by atoms with van der Waals surface area (Å²) in [6.45, 7) is 0. The second-order valence-corrected chi connectivity index (χ2v) is 3.67. The highest BCUT2D eigenvalue weighted by Gasteiger charge is 2.16. The van der Waals surface area contributed by atoms with Crippen LogP contribution in [-0.2, 0) is 9.59 Å². The van der Waals surface area contributed by atoms with Gasteiger partial charge in [0.25, 0.3) is 0 Å². The molecule has 82 valence electrons. The van der Waals surface area contributed by atoms with Gasteiger partial charge in [-0.25, -0.2) is 0 Å². The molecule has 0 saturated heterocycles. The molecule has 0 aromatic carbocycles. The zero-order chi connectivity index (χ0) is 11.3. The van der Waals surface area contributed by atoms with Crippen LogP contribution in [0.1, 0.15) is 12.8 Å². The van der Waals surface area contributed by atoms with E-state index in [1.165, 1.54) is 9.80 Å². The second-order valence-electron chi connectivity index (χ2n) is 3.67. The predicted molar refractivity (Wildman–Crippen MR) is 54.6 cm³/mol. The summed E-state index contributed by atoms with van der Waals surface area (Å²) in [6.07, 6.45) is 0.710. The van der Waals surface area contributed by atoms with Crippen LogP contribution in [0.15, 0.2) is 0 Å². The van der Waals surface area contributed by atoms with Gasteiger partial charge in [0.05, 0.1) is 6.04 Å². The minimum absolute atomic E-state index is 0.00740. The van der Waals surface area contributed by atoms with E-state index in [-0.39, 0.29) is 11.8 Å². The van der Waals surface area contributed by atoms with Crippen LogP contribution in [-0.4, -0.2) is 55.8 Å². The number of likely N-dealkylation sites (N-methyl/N-ethyl adjacent to an activating group) is 1. The van der Waals surface area contributed by atoms with Gasteiger partial charge in [-0.05, 0) is 6.42 Å². The van der Waals surface area contributed by atoms with Crippen molar-refractivity contribution in [2.24, 2.45) is 5.73 Å². The summed E-state index contributed by atoms with van der Waals surface area (Å²) in [5, 5.41) is 0. The van der Waals surface area contributed by atoms with Gasteiger partial charge >= 0.3 is 0 Å². The summed E-state index contributed by atoms with van der Waals surface area (Å²) in [5.74, 6) is -0.149. The van der Waals surface area contributed by atoms with Crippen LogP contribution in [0.3, 0.4) is 0 Å². The fourth-order valence-electron chi connectivity index (χ4n) is 0.958. The minimum Gasteiger partial charge on any atom is -0.349 e. The number of hydrogen-bond acceptors (Lipinski definition) is 3. The Labute approximate surface area is 84.8 Å². The van der Waals surface area contributed by atoms with Gasteiger partial charge in [-0.1, -0.05) is 0 Å². The molecular formula is C9H19N3O2. The van der Waals surface area contributed by atoms with E-state index >= 15 is 0 Å². The molecule has 0 saturated carbocycles. The number of carbonyl (C=O) groups excluding carboxylic acids is 2. The Balaban J connectivity index is 3.91. The number of nitrogens with zero attached hydrogens (tertiary/aromatic N) is 2. The van der Waals surface area contributed by atoms with Gasteiger partial charge in [0.2, 0.25) is 11.8 Å². The molecule has 0 unspecified atom stereocenters. The lowest BCUT2D eigenvalue weighted by atomic mass is 10.1. The zero-order valence-corrected chi connectivity index (χ0v) is 9.28. The molecule has 0 aliphatic heterocycles. The number of amides is 2. The highest BCUT2D eigenvalue weighted by molar-refractivity contribution is 5.82.